The molecule has 4 aromatic carbocycles. The molecule has 0 saturated heterocycles. The number of carbonyl (C=O) groups excluding carboxylic acids is 3. The van der Waals surface area contributed by atoms with Crippen LogP contribution in [0, 0.1) is 4.91 Å². The summed E-state index contributed by atoms with van der Waals surface area (Å²) in [5.74, 6) is -2.60. The van der Waals surface area contributed by atoms with Gasteiger partial charge in [0.2, 0.25) is 16.8 Å². The number of carboxylic acids is 2. The number of nitrogens with zero attached hydrogens (tertiary/aromatic N) is 2. The summed E-state index contributed by atoms with van der Waals surface area (Å²) < 4.78 is 13.8. The molecule has 2 aliphatic heterocycles. The summed E-state index contributed by atoms with van der Waals surface area (Å²) in [6, 6.07) is 14.1. The number of allylic oxidation sites excluding steroid dienone is 1. The fourth-order valence-electron chi connectivity index (χ4n) is 8.70. The summed E-state index contributed by atoms with van der Waals surface area (Å²) in [5.41, 5.74) is 8.05. The van der Waals surface area contributed by atoms with Gasteiger partial charge in [-0.25, -0.2) is 14.4 Å². The van der Waals surface area contributed by atoms with Crippen molar-refractivity contribution in [3.8, 4) is 56.4 Å². The van der Waals surface area contributed by atoms with E-state index in [1.165, 1.54) is 50.0 Å². The van der Waals surface area contributed by atoms with E-state index in [1.54, 1.807) is 44.2 Å². The Morgan fingerprint density at radius 2 is 1.04 bits per heavy atom. The number of aromatic hydroxyl groups is 2. The molecule has 0 atom stereocenters. The number of rotatable bonds is 19. The Bertz CT molecular complexity index is 4190. The maximum absolute atomic E-state index is 12.7. The fourth-order valence-corrected chi connectivity index (χ4v) is 13.5. The Hall–Kier alpha value is -5.66. The van der Waals surface area contributed by atoms with E-state index in [0.717, 1.165) is 12.8 Å². The van der Waals surface area contributed by atoms with Gasteiger partial charge in [-0.3, -0.25) is 19.2 Å². The summed E-state index contributed by atoms with van der Waals surface area (Å²) in [6.07, 6.45) is 2.90. The Kier molecular flexibility index (Phi) is 30.4. The van der Waals surface area contributed by atoms with Crippen molar-refractivity contribution in [1.29, 1.82) is 0 Å². The largest absolute Gasteiger partial charge is 0.505 e. The summed E-state index contributed by atoms with van der Waals surface area (Å²) >= 11 is 26.3. The smallest absolute Gasteiger partial charge is 0.336 e. The first-order valence-electron chi connectivity index (χ1n) is 27.1. The molecule has 91 heavy (non-hydrogen) atoms. The van der Waals surface area contributed by atoms with Crippen LogP contribution < -0.4 is 32.5 Å². The molecule has 0 radical (unpaired) electrons. The second-order valence-corrected chi connectivity index (χ2v) is 26.1. The molecule has 2 aliphatic carbocycles. The third kappa shape index (κ3) is 19.0. The number of nitrogens with one attached hydrogen (secondary N) is 3. The van der Waals surface area contributed by atoms with Crippen molar-refractivity contribution in [3.05, 3.63) is 157 Å². The number of nitrogens with two attached hydrogens (primary N) is 1. The molecule has 0 aromatic heterocycles. The monoisotopic (exact) mass is 1780 g/mol. The number of ketones is 1. The molecule has 29 heteroatoms. The minimum atomic E-state index is -1.27. The highest BCUT2D eigenvalue weighted by Gasteiger charge is 2.30. The van der Waals surface area contributed by atoms with E-state index in [0.29, 0.717) is 79.0 Å². The van der Waals surface area contributed by atoms with Gasteiger partial charge >= 0.3 is 18.0 Å². The lowest BCUT2D eigenvalue weighted by atomic mass is 9.90. The van der Waals surface area contributed by atoms with Crippen molar-refractivity contribution in [1.82, 2.24) is 15.5 Å². The Morgan fingerprint density at radius 3 is 1.45 bits per heavy atom. The van der Waals surface area contributed by atoms with Crippen LogP contribution in [0.1, 0.15) is 81.0 Å². The van der Waals surface area contributed by atoms with Crippen molar-refractivity contribution in [3.63, 3.8) is 0 Å². The molecule has 0 fully saturated rings. The summed E-state index contributed by atoms with van der Waals surface area (Å²) in [6.45, 7) is 21.9. The van der Waals surface area contributed by atoms with E-state index in [-0.39, 0.29) is 136 Å². The molecular formula is C62H59Br8ClN6O14. The predicted octanol–water partition coefficient (Wildman–Crippen LogP) is 17.7. The van der Waals surface area contributed by atoms with E-state index in [4.69, 9.17) is 14.6 Å². The van der Waals surface area contributed by atoms with Crippen molar-refractivity contribution in [2.24, 2.45) is 10.9 Å². The summed E-state index contributed by atoms with van der Waals surface area (Å²) in [5, 5.41) is 52.5. The molecule has 9 N–H and O–H groups in total. The van der Waals surface area contributed by atoms with Crippen molar-refractivity contribution < 1.29 is 53.2 Å². The molecule has 0 saturated carbocycles. The van der Waals surface area contributed by atoms with Gasteiger partial charge in [0.25, 0.3) is 0 Å². The number of Topliss-reactive ketones (excluding diaryl/α,β-unsaturated/α-hetero) is 1. The maximum Gasteiger partial charge on any atom is 0.336 e. The SMILES string of the molecule is C=C(C)C(=O)CCCCN.C=C(C)C(=O)NCCCNC(=O)Nc1ccc(-c2c3cc(Br)c(=O)c(Br)c-3oc3c(Br)c(O)c(Br)cc23)c(C(=O)O)c1.CCN(CC)CC.Cl.O=Nc1ccc(-c2c3cc(Br)c(=O)c(Br)c-3oc3c(Br)c(O)c(Br)cc23)c(C(=O)O)c1. The highest BCUT2D eigenvalue weighted by atomic mass is 79.9. The van der Waals surface area contributed by atoms with Crippen LogP contribution in [-0.4, -0.2) is 94.3 Å². The number of aromatic carboxylic acids is 2. The van der Waals surface area contributed by atoms with Crippen molar-refractivity contribution in [2.45, 2.75) is 60.3 Å². The molecule has 4 aromatic rings. The number of fused-ring (bicyclic) bond motifs is 4. The molecule has 4 aliphatic rings. The molecule has 484 valence electrons. The number of anilines is 1. The first-order valence-corrected chi connectivity index (χ1v) is 33.4. The van der Waals surface area contributed by atoms with Crippen LogP contribution in [-0.2, 0) is 9.59 Å². The van der Waals surface area contributed by atoms with E-state index in [1.807, 2.05) is 0 Å². The lowest BCUT2D eigenvalue weighted by Gasteiger charge is -2.20. The predicted molar refractivity (Wildman–Crippen MR) is 386 cm³/mol. The number of carboxylic acid groups (broad SMARTS) is 2. The van der Waals surface area contributed by atoms with Crippen LogP contribution in [0.25, 0.3) is 66.8 Å². The quantitative estimate of drug-likeness (QED) is 0.0161. The lowest BCUT2D eigenvalue weighted by Crippen LogP contribution is -2.32. The summed E-state index contributed by atoms with van der Waals surface area (Å²) in [4.78, 5) is 97.9. The van der Waals surface area contributed by atoms with Gasteiger partial charge in [-0.15, -0.1) is 17.3 Å². The van der Waals surface area contributed by atoms with Crippen LogP contribution in [0.5, 0.6) is 11.5 Å². The van der Waals surface area contributed by atoms with Gasteiger partial charge in [-0.2, -0.15) is 0 Å². The normalized spacial score (nSPS) is 10.7. The van der Waals surface area contributed by atoms with Crippen LogP contribution in [0.15, 0.2) is 144 Å². The second kappa shape index (κ2) is 35.6. The maximum atomic E-state index is 12.7. The number of carbonyl (C=O) groups is 5. The number of phenolic OH excluding ortho intramolecular Hbond substituents is 2. The molecular weight excluding hydrogens is 1730 g/mol. The summed E-state index contributed by atoms with van der Waals surface area (Å²) in [7, 11) is 0. The highest BCUT2D eigenvalue weighted by molar-refractivity contribution is 9.12. The average Bonchev–Trinajstić information content (AvgIpc) is 0.741. The van der Waals surface area contributed by atoms with Gasteiger partial charge in [0.05, 0.1) is 29.0 Å². The number of phenols is 2. The molecule has 3 amide bonds. The zero-order valence-corrected chi connectivity index (χ0v) is 62.5. The van der Waals surface area contributed by atoms with Crippen LogP contribution in [0.3, 0.4) is 0 Å². The van der Waals surface area contributed by atoms with Crippen LogP contribution in [0.4, 0.5) is 16.2 Å². The number of benzene rings is 6. The van der Waals surface area contributed by atoms with Crippen LogP contribution >= 0.6 is 140 Å². The molecule has 8 rings (SSSR count). The number of halogens is 9. The number of urea groups is 1. The molecule has 0 unspecified atom stereocenters. The minimum Gasteiger partial charge on any atom is -0.505 e. The standard InChI is InChI=1S/C28H21Br4N3O7.C20H7Br4NO6.C8H15NO.C6H15N.ClH/c1-11(2)26(38)33-6-3-7-34-28(41)35-12-4-5-13(14(8-12)27(39)40)19-15-9-17(29)22(36)20(31)24(15)42-25-16(19)10-18(30)23(37)21(25)32;21-11-4-9-13(7-2-1-6(25-30)3-8(7)20(28)29)10-5-12(22)17(27)15(24)19(10)31-18(9)14(23)16(11)26;1-7(2)8(10)5-3-4-6-9;1-4-7(5-2)6-3;/h4-5,8-10,36H,1,3,6-7H2,2H3,(H,33,38)(H,39,40)(H2,34,35,41);1-5,26H,(H,28,29);1,3-6,9H2,2H3;4-6H2,1-3H3;1H. The average molecular weight is 1790 g/mol. The lowest BCUT2D eigenvalue weighted by molar-refractivity contribution is -0.117. The Labute approximate surface area is 595 Å². The van der Waals surface area contributed by atoms with Gasteiger partial charge in [0, 0.05) is 63.8 Å². The first-order chi connectivity index (χ1) is 42.5. The zero-order valence-electron chi connectivity index (χ0n) is 49.0. The number of hydrogen-bond acceptors (Lipinski definition) is 15. The molecule has 0 spiro atoms. The van der Waals surface area contributed by atoms with Crippen molar-refractivity contribution in [2.75, 3.05) is 44.6 Å². The second-order valence-electron chi connectivity index (χ2n) is 19.5. The first kappa shape index (κ1) is 77.8. The van der Waals surface area contributed by atoms with Gasteiger partial charge in [-0.1, -0.05) is 46.1 Å². The van der Waals surface area contributed by atoms with Crippen LogP contribution in [0.2, 0.25) is 0 Å². The Morgan fingerprint density at radius 1 is 0.593 bits per heavy atom. The number of nitroso groups, excluding NO2 is 1. The van der Waals surface area contributed by atoms with E-state index in [9.17, 15) is 58.9 Å². The highest BCUT2D eigenvalue weighted by Crippen LogP contribution is 2.51. The topological polar surface area (TPSA) is 321 Å². The third-order valence-electron chi connectivity index (χ3n) is 13.4. The van der Waals surface area contributed by atoms with Crippen molar-refractivity contribution >= 4 is 203 Å². The minimum absolute atomic E-state index is 0. The van der Waals surface area contributed by atoms with Gasteiger partial charge in [0.15, 0.2) is 28.5 Å². The van der Waals surface area contributed by atoms with E-state index >= 15 is 0 Å². The number of amides is 3. The number of hydrogen-bond donors (Lipinski definition) is 8. The fraction of sp³-hybridized carbons (Fsp3) is 0.242. The third-order valence-corrected chi connectivity index (χ3v) is 18.7. The van der Waals surface area contributed by atoms with Gasteiger partial charge < -0.3 is 55.8 Å². The molecule has 20 nitrogen and oxygen atoms in total. The van der Waals surface area contributed by atoms with E-state index < -0.39 is 18.0 Å². The Balaban J connectivity index is 0.000000314. The number of unbranched alkanes of at least 4 members (excludes halogenated alkanes) is 1. The van der Waals surface area contributed by atoms with Gasteiger partial charge in [-0.05, 0) is 257 Å². The van der Waals surface area contributed by atoms with E-state index in [2.05, 4.69) is 187 Å². The zero-order chi connectivity index (χ0) is 67.2. The molecule has 2 heterocycles. The van der Waals surface area contributed by atoms with Gasteiger partial charge in [0.1, 0.15) is 35.1 Å². The molecule has 0 bridgehead atoms.